The lowest BCUT2D eigenvalue weighted by Gasteiger charge is -2.35. The van der Waals surface area contributed by atoms with Crippen LogP contribution < -0.4 is 4.90 Å². The molecular formula is C25H31N8. The maximum absolute atomic E-state index is 4.87. The van der Waals surface area contributed by atoms with Crippen LogP contribution in [0.3, 0.4) is 0 Å². The van der Waals surface area contributed by atoms with Gasteiger partial charge in [0.05, 0.1) is 24.3 Å². The SMILES string of the molecule is Cc1c(-c2nc3cncc(-c4cnn(CCC(C)C)c4)n3n2)[c]ccc1N1CCN(C)CC1. The number of fused-ring (bicyclic) bond motifs is 1. The van der Waals surface area contributed by atoms with E-state index >= 15 is 0 Å². The number of aryl methyl sites for hydroxylation is 1. The Balaban J connectivity index is 1.48. The maximum Gasteiger partial charge on any atom is 0.183 e. The van der Waals surface area contributed by atoms with Gasteiger partial charge >= 0.3 is 0 Å². The summed E-state index contributed by atoms with van der Waals surface area (Å²) in [7, 11) is 2.18. The number of hydrogen-bond acceptors (Lipinski definition) is 6. The molecule has 8 nitrogen and oxygen atoms in total. The molecule has 8 heteroatoms. The fraction of sp³-hybridized carbons (Fsp3) is 0.440. The quantitative estimate of drug-likeness (QED) is 0.454. The van der Waals surface area contributed by atoms with Gasteiger partial charge in [-0.3, -0.25) is 9.67 Å². The van der Waals surface area contributed by atoms with Crippen molar-refractivity contribution in [3.8, 4) is 22.6 Å². The predicted octanol–water partition coefficient (Wildman–Crippen LogP) is 3.56. The van der Waals surface area contributed by atoms with E-state index < -0.39 is 0 Å². The minimum Gasteiger partial charge on any atom is -0.369 e. The van der Waals surface area contributed by atoms with Crippen molar-refractivity contribution in [1.29, 1.82) is 0 Å². The van der Waals surface area contributed by atoms with Crippen molar-refractivity contribution in [3.05, 3.63) is 48.5 Å². The lowest BCUT2D eigenvalue weighted by atomic mass is 10.0. The topological polar surface area (TPSA) is 67.4 Å². The molecule has 4 heterocycles. The number of rotatable bonds is 6. The molecule has 0 unspecified atom stereocenters. The normalized spacial score (nSPS) is 15.1. The first-order valence-electron chi connectivity index (χ1n) is 11.7. The third-order valence-corrected chi connectivity index (χ3v) is 6.41. The maximum atomic E-state index is 4.87. The summed E-state index contributed by atoms with van der Waals surface area (Å²) >= 11 is 0. The zero-order valence-corrected chi connectivity index (χ0v) is 19.9. The molecule has 1 aromatic carbocycles. The molecule has 1 aliphatic heterocycles. The molecule has 1 fully saturated rings. The second-order valence-corrected chi connectivity index (χ2v) is 9.33. The second kappa shape index (κ2) is 8.94. The molecule has 33 heavy (non-hydrogen) atoms. The Morgan fingerprint density at radius 2 is 1.91 bits per heavy atom. The molecule has 4 aromatic rings. The van der Waals surface area contributed by atoms with E-state index in [1.807, 2.05) is 27.7 Å². The number of piperazine rings is 1. The Labute approximate surface area is 194 Å². The summed E-state index contributed by atoms with van der Waals surface area (Å²) in [5, 5.41) is 9.40. The van der Waals surface area contributed by atoms with Gasteiger partial charge in [0.15, 0.2) is 11.5 Å². The van der Waals surface area contributed by atoms with Gasteiger partial charge in [-0.05, 0) is 44.0 Å². The van der Waals surface area contributed by atoms with Crippen molar-refractivity contribution in [2.24, 2.45) is 5.92 Å². The Morgan fingerprint density at radius 1 is 1.09 bits per heavy atom. The number of likely N-dealkylation sites (N-methyl/N-ethyl adjacent to an activating group) is 1. The molecule has 171 valence electrons. The molecule has 1 radical (unpaired) electrons. The largest absolute Gasteiger partial charge is 0.369 e. The van der Waals surface area contributed by atoms with Crippen LogP contribution >= 0.6 is 0 Å². The molecule has 0 amide bonds. The Hall–Kier alpha value is -3.26. The second-order valence-electron chi connectivity index (χ2n) is 9.33. The van der Waals surface area contributed by atoms with Crippen molar-refractivity contribution in [1.82, 2.24) is 34.3 Å². The number of aromatic nitrogens is 6. The molecule has 0 saturated carbocycles. The van der Waals surface area contributed by atoms with Crippen molar-refractivity contribution in [3.63, 3.8) is 0 Å². The van der Waals surface area contributed by atoms with Crippen LogP contribution in [0.1, 0.15) is 25.8 Å². The Morgan fingerprint density at radius 3 is 2.70 bits per heavy atom. The van der Waals surface area contributed by atoms with Crippen LogP contribution in [0.2, 0.25) is 0 Å². The first-order valence-corrected chi connectivity index (χ1v) is 11.7. The third-order valence-electron chi connectivity index (χ3n) is 6.41. The number of benzene rings is 1. The summed E-state index contributed by atoms with van der Waals surface area (Å²) in [6.45, 7) is 11.7. The summed E-state index contributed by atoms with van der Waals surface area (Å²) in [6.07, 6.45) is 8.61. The average Bonchev–Trinajstić information content (AvgIpc) is 3.45. The van der Waals surface area contributed by atoms with Gasteiger partial charge in [-0.15, -0.1) is 5.10 Å². The van der Waals surface area contributed by atoms with Crippen LogP contribution in [-0.2, 0) is 6.54 Å². The van der Waals surface area contributed by atoms with Gasteiger partial charge in [0.25, 0.3) is 0 Å². The highest BCUT2D eigenvalue weighted by Gasteiger charge is 2.20. The summed E-state index contributed by atoms with van der Waals surface area (Å²) in [4.78, 5) is 14.0. The molecule has 0 aliphatic carbocycles. The first kappa shape index (κ1) is 21.6. The molecule has 3 aromatic heterocycles. The molecule has 0 bridgehead atoms. The van der Waals surface area contributed by atoms with Crippen LogP contribution in [0.5, 0.6) is 0 Å². The molecule has 0 atom stereocenters. The molecular weight excluding hydrogens is 412 g/mol. The van der Waals surface area contributed by atoms with Crippen molar-refractivity contribution in [2.45, 2.75) is 33.7 Å². The average molecular weight is 444 g/mol. The summed E-state index contributed by atoms with van der Waals surface area (Å²) in [6, 6.07) is 7.52. The third kappa shape index (κ3) is 4.35. The molecule has 1 saturated heterocycles. The van der Waals surface area contributed by atoms with Crippen molar-refractivity contribution >= 4 is 11.3 Å². The zero-order chi connectivity index (χ0) is 22.9. The highest BCUT2D eigenvalue weighted by molar-refractivity contribution is 5.71. The molecule has 5 rings (SSSR count). The summed E-state index contributed by atoms with van der Waals surface area (Å²) in [5.41, 5.74) is 5.92. The Bertz CT molecular complexity index is 1250. The van der Waals surface area contributed by atoms with Gasteiger partial charge in [0.1, 0.15) is 0 Å². The number of hydrogen-bond donors (Lipinski definition) is 0. The van der Waals surface area contributed by atoms with Gasteiger partial charge in [-0.1, -0.05) is 19.9 Å². The van der Waals surface area contributed by atoms with Crippen LogP contribution in [0.4, 0.5) is 5.69 Å². The van der Waals surface area contributed by atoms with E-state index in [4.69, 9.17) is 10.1 Å². The highest BCUT2D eigenvalue weighted by atomic mass is 15.3. The van der Waals surface area contributed by atoms with E-state index in [2.05, 4.69) is 66.0 Å². The number of anilines is 1. The summed E-state index contributed by atoms with van der Waals surface area (Å²) < 4.78 is 3.85. The predicted molar refractivity (Wildman–Crippen MR) is 130 cm³/mol. The highest BCUT2D eigenvalue weighted by Crippen LogP contribution is 2.30. The fourth-order valence-electron chi connectivity index (χ4n) is 4.31. The minimum absolute atomic E-state index is 0.640. The van der Waals surface area contributed by atoms with Crippen LogP contribution in [0.15, 0.2) is 36.9 Å². The Kier molecular flexibility index (Phi) is 5.85. The van der Waals surface area contributed by atoms with Gasteiger partial charge < -0.3 is 9.80 Å². The van der Waals surface area contributed by atoms with E-state index in [0.29, 0.717) is 11.7 Å². The summed E-state index contributed by atoms with van der Waals surface area (Å²) in [5.74, 6) is 1.31. The van der Waals surface area contributed by atoms with E-state index in [1.165, 1.54) is 5.69 Å². The molecule has 1 aliphatic rings. The van der Waals surface area contributed by atoms with Crippen molar-refractivity contribution < 1.29 is 0 Å². The van der Waals surface area contributed by atoms with E-state index in [1.54, 1.807) is 6.20 Å². The van der Waals surface area contributed by atoms with Crippen LogP contribution in [0.25, 0.3) is 28.3 Å². The van der Waals surface area contributed by atoms with E-state index in [-0.39, 0.29) is 0 Å². The lowest BCUT2D eigenvalue weighted by molar-refractivity contribution is 0.312. The van der Waals surface area contributed by atoms with Gasteiger partial charge in [0.2, 0.25) is 0 Å². The lowest BCUT2D eigenvalue weighted by Crippen LogP contribution is -2.44. The van der Waals surface area contributed by atoms with Crippen molar-refractivity contribution in [2.75, 3.05) is 38.1 Å². The van der Waals surface area contributed by atoms with Crippen LogP contribution in [0, 0.1) is 18.9 Å². The molecule has 0 N–H and O–H groups in total. The smallest absolute Gasteiger partial charge is 0.183 e. The minimum atomic E-state index is 0.640. The first-order chi connectivity index (χ1) is 16.0. The van der Waals surface area contributed by atoms with Gasteiger partial charge in [-0.25, -0.2) is 9.50 Å². The zero-order valence-electron chi connectivity index (χ0n) is 19.9. The number of nitrogens with zero attached hydrogens (tertiary/aromatic N) is 8. The fourth-order valence-corrected chi connectivity index (χ4v) is 4.31. The standard InChI is InChI=1S/C25H31N8/c1-18(2)8-9-32-17-20(14-27-32)23-15-26-16-24-28-25(29-33(23)24)21-6-5-7-22(19(21)3)31-12-10-30(4)11-13-31/h5,7,14-18H,8-13H2,1-4H3. The monoisotopic (exact) mass is 443 g/mol. The van der Waals surface area contributed by atoms with Gasteiger partial charge in [0, 0.05) is 55.7 Å². The molecule has 0 spiro atoms. The van der Waals surface area contributed by atoms with E-state index in [0.717, 1.165) is 67.2 Å². The van der Waals surface area contributed by atoms with Gasteiger partial charge in [-0.2, -0.15) is 5.10 Å². The van der Waals surface area contributed by atoms with E-state index in [9.17, 15) is 0 Å². The van der Waals surface area contributed by atoms with Crippen LogP contribution in [-0.4, -0.2) is 67.5 Å².